The van der Waals surface area contributed by atoms with Crippen molar-refractivity contribution in [3.63, 3.8) is 0 Å². The van der Waals surface area contributed by atoms with Crippen molar-refractivity contribution >= 4 is 33.6 Å². The minimum absolute atomic E-state index is 0.102. The smallest absolute Gasteiger partial charge is 0.463 e. The molecule has 5 atom stereocenters. The molecule has 16 nitrogen and oxygen atoms in total. The summed E-state index contributed by atoms with van der Waals surface area (Å²) in [5.74, 6) is -1.59. The van der Waals surface area contributed by atoms with E-state index in [1.165, 1.54) is 167 Å². The summed E-state index contributed by atoms with van der Waals surface area (Å²) in [6, 6.07) is 0. The van der Waals surface area contributed by atoms with Gasteiger partial charge in [0.25, 0.3) is 0 Å². The molecule has 5 unspecified atom stereocenters. The van der Waals surface area contributed by atoms with Crippen LogP contribution in [0.15, 0.2) is 97.2 Å². The first kappa shape index (κ1) is 95.5. The monoisotopic (exact) mass is 1430 g/mol. The van der Waals surface area contributed by atoms with Crippen LogP contribution in [0.2, 0.25) is 0 Å². The number of hydrogen-bond donors (Lipinski definition) is 4. The molecule has 0 spiro atoms. The fraction of sp³-hybridized carbons (Fsp3) is 0.765. The van der Waals surface area contributed by atoms with Crippen molar-refractivity contribution in [2.75, 3.05) is 39.6 Å². The third-order valence-electron chi connectivity index (χ3n) is 16.8. The fourth-order valence-electron chi connectivity index (χ4n) is 10.8. The van der Waals surface area contributed by atoms with Gasteiger partial charge in [0, 0.05) is 19.3 Å². The van der Waals surface area contributed by atoms with Crippen molar-refractivity contribution in [3.8, 4) is 0 Å². The Morgan fingerprint density at radius 1 is 0.293 bits per heavy atom. The van der Waals surface area contributed by atoms with Crippen molar-refractivity contribution in [1.29, 1.82) is 0 Å². The highest BCUT2D eigenvalue weighted by Gasteiger charge is 2.29. The molecule has 0 heterocycles. The highest BCUT2D eigenvalue weighted by atomic mass is 31.2. The van der Waals surface area contributed by atoms with Gasteiger partial charge in [-0.1, -0.05) is 317 Å². The second-order valence-electron chi connectivity index (χ2n) is 26.5. The summed E-state index contributed by atoms with van der Waals surface area (Å²) < 4.78 is 61.0. The first-order valence-corrected chi connectivity index (χ1v) is 42.5. The van der Waals surface area contributed by atoms with Gasteiger partial charge in [-0.05, 0) is 103 Å². The molecule has 0 aromatic rings. The molecule has 0 rings (SSSR count). The summed E-state index contributed by atoms with van der Waals surface area (Å²) in [5, 5.41) is 20.6. The molecule has 0 aromatic carbocycles. The van der Waals surface area contributed by atoms with Gasteiger partial charge in [0.2, 0.25) is 0 Å². The first-order chi connectivity index (χ1) is 48.2. The number of phosphoric ester groups is 2. The molecule has 4 N–H and O–H groups in total. The average Bonchev–Trinajstić information content (AvgIpc) is 1.05. The molecule has 99 heavy (non-hydrogen) atoms. The predicted molar refractivity (Wildman–Crippen MR) is 408 cm³/mol. The van der Waals surface area contributed by atoms with E-state index in [0.29, 0.717) is 19.3 Å². The van der Waals surface area contributed by atoms with Gasteiger partial charge in [-0.25, -0.2) is 9.13 Å². The van der Waals surface area contributed by atoms with Crippen LogP contribution >= 0.6 is 15.6 Å². The average molecular weight is 1440 g/mol. The van der Waals surface area contributed by atoms with E-state index in [9.17, 15) is 43.5 Å². The number of carbonyl (C=O) groups excluding carboxylic acids is 3. The van der Waals surface area contributed by atoms with Crippen molar-refractivity contribution in [3.05, 3.63) is 97.2 Å². The lowest BCUT2D eigenvalue weighted by molar-refractivity contribution is -0.161. The molecule has 0 fully saturated rings. The van der Waals surface area contributed by atoms with Gasteiger partial charge in [0.05, 0.1) is 26.4 Å². The van der Waals surface area contributed by atoms with Crippen LogP contribution in [0.25, 0.3) is 0 Å². The van der Waals surface area contributed by atoms with Crippen LogP contribution < -0.4 is 0 Å². The lowest BCUT2D eigenvalue weighted by Crippen LogP contribution is -2.30. The number of ether oxygens (including phenoxy) is 3. The van der Waals surface area contributed by atoms with Gasteiger partial charge in [-0.15, -0.1) is 0 Å². The number of rotatable bonds is 75. The van der Waals surface area contributed by atoms with Gasteiger partial charge in [0.1, 0.15) is 25.4 Å². The van der Waals surface area contributed by atoms with E-state index in [0.717, 1.165) is 116 Å². The van der Waals surface area contributed by atoms with Gasteiger partial charge in [-0.3, -0.25) is 32.5 Å². The largest absolute Gasteiger partial charge is 0.472 e. The standard InChI is InChI=1S/C81H144O16P2/c1-4-7-10-13-16-19-22-25-27-29-30-31-32-33-34-35-36-37-38-39-40-41-42-43-44-46-48-50-52-55-58-61-64-67-79(84)91-70-76(82)71-93-98(87,88)94-72-77(83)73-95-99(89,90)96-75-78(97-81(86)69-66-63-60-57-54-49-24-21-18-15-12-9-6-3)74-92-80(85)68-65-62-59-56-53-51-47-45-28-26-23-20-17-14-11-8-5-2/h8,11,16-17,19-20,25-28,30-31,33-34,47,51,76-78,82-83H,4-7,9-10,12-15,18,21-24,29,32,35-46,48-50,52-75H2,1-3H3,(H,87,88)(H,89,90)/b11-8-,19-16-,20-17-,27-25-,28-26-,31-30-,34-33-,51-47-. The van der Waals surface area contributed by atoms with E-state index >= 15 is 0 Å². The molecule has 0 aliphatic heterocycles. The Bertz CT molecular complexity index is 2190. The second kappa shape index (κ2) is 74.2. The van der Waals surface area contributed by atoms with Crippen molar-refractivity contribution in [2.45, 2.75) is 360 Å². The van der Waals surface area contributed by atoms with Crippen LogP contribution in [0, 0.1) is 0 Å². The quantitative estimate of drug-likeness (QED) is 0.0146. The number of hydrogen-bond acceptors (Lipinski definition) is 14. The maximum atomic E-state index is 12.9. The summed E-state index contributed by atoms with van der Waals surface area (Å²) in [5.41, 5.74) is 0. The molecule has 0 aliphatic rings. The number of carbonyl (C=O) groups is 3. The lowest BCUT2D eigenvalue weighted by Gasteiger charge is -2.21. The van der Waals surface area contributed by atoms with Gasteiger partial charge < -0.3 is 34.2 Å². The highest BCUT2D eigenvalue weighted by Crippen LogP contribution is 2.45. The fourth-order valence-corrected chi connectivity index (χ4v) is 12.4. The molecular formula is C81H144O16P2. The zero-order valence-electron chi connectivity index (χ0n) is 62.6. The van der Waals surface area contributed by atoms with E-state index < -0.39 is 91.5 Å². The maximum Gasteiger partial charge on any atom is 0.472 e. The second-order valence-corrected chi connectivity index (χ2v) is 29.4. The van der Waals surface area contributed by atoms with Crippen LogP contribution in [0.4, 0.5) is 0 Å². The van der Waals surface area contributed by atoms with Gasteiger partial charge in [0.15, 0.2) is 6.10 Å². The van der Waals surface area contributed by atoms with E-state index in [2.05, 4.69) is 118 Å². The highest BCUT2D eigenvalue weighted by molar-refractivity contribution is 7.47. The predicted octanol–water partition coefficient (Wildman–Crippen LogP) is 23.0. The number of phosphoric acid groups is 2. The number of aliphatic hydroxyl groups excluding tert-OH is 2. The minimum atomic E-state index is -4.93. The normalized spacial score (nSPS) is 14.5. The molecule has 574 valence electrons. The summed E-state index contributed by atoms with van der Waals surface area (Å²) in [4.78, 5) is 58.5. The lowest BCUT2D eigenvalue weighted by atomic mass is 10.0. The molecule has 0 aliphatic carbocycles. The maximum absolute atomic E-state index is 12.9. The molecule has 0 saturated heterocycles. The summed E-state index contributed by atoms with van der Waals surface area (Å²) in [6.07, 6.45) is 84.8. The van der Waals surface area contributed by atoms with E-state index in [-0.39, 0.29) is 19.3 Å². The van der Waals surface area contributed by atoms with Crippen LogP contribution in [0.5, 0.6) is 0 Å². The Hall–Kier alpha value is -3.53. The van der Waals surface area contributed by atoms with Crippen LogP contribution in [0.1, 0.15) is 342 Å². The van der Waals surface area contributed by atoms with Gasteiger partial charge >= 0.3 is 33.6 Å². The first-order valence-electron chi connectivity index (χ1n) is 39.5. The molecule has 0 aromatic heterocycles. The molecule has 0 amide bonds. The van der Waals surface area contributed by atoms with E-state index in [1.807, 2.05) is 0 Å². The Labute approximate surface area is 603 Å². The van der Waals surface area contributed by atoms with Crippen LogP contribution in [0.3, 0.4) is 0 Å². The topological polar surface area (TPSA) is 231 Å². The number of aliphatic hydroxyl groups is 2. The Morgan fingerprint density at radius 3 is 0.869 bits per heavy atom. The summed E-state index contributed by atoms with van der Waals surface area (Å²) in [6.45, 7) is 2.54. The summed E-state index contributed by atoms with van der Waals surface area (Å²) in [7, 11) is -9.78. The number of allylic oxidation sites excluding steroid dienone is 16. The van der Waals surface area contributed by atoms with Crippen LogP contribution in [-0.4, -0.2) is 95.9 Å². The van der Waals surface area contributed by atoms with E-state index in [4.69, 9.17) is 32.3 Å². The third kappa shape index (κ3) is 75.5. The molecule has 0 radical (unpaired) electrons. The molecule has 0 bridgehead atoms. The zero-order valence-corrected chi connectivity index (χ0v) is 64.4. The Balaban J connectivity index is 4.38. The number of unbranched alkanes of at least 4 members (excludes halogenated alkanes) is 36. The van der Waals surface area contributed by atoms with Crippen molar-refractivity contribution < 1.29 is 75.8 Å². The zero-order chi connectivity index (χ0) is 72.3. The summed E-state index contributed by atoms with van der Waals surface area (Å²) >= 11 is 0. The SMILES string of the molecule is CC/C=C\C/C=C\C/C=C\C/C=C\CCCCCCC(=O)OCC(COP(=O)(O)OCC(O)COP(=O)(O)OCC(O)COC(=O)CCCCCCCCCCCCCCCCCCC/C=C\C/C=C\C/C=C\C/C=C\CCCCC)OC(=O)CCCCCCCCCCCCCCC. The molecule has 18 heteroatoms. The Morgan fingerprint density at radius 2 is 0.535 bits per heavy atom. The van der Waals surface area contributed by atoms with Gasteiger partial charge in [-0.2, -0.15) is 0 Å². The Kier molecular flexibility index (Phi) is 71.6. The molecular weight excluding hydrogens is 1290 g/mol. The molecule has 0 saturated carbocycles. The third-order valence-corrected chi connectivity index (χ3v) is 18.7. The minimum Gasteiger partial charge on any atom is -0.463 e. The van der Waals surface area contributed by atoms with Crippen molar-refractivity contribution in [1.82, 2.24) is 0 Å². The number of esters is 3. The van der Waals surface area contributed by atoms with E-state index in [1.54, 1.807) is 0 Å². The van der Waals surface area contributed by atoms with Crippen molar-refractivity contribution in [2.24, 2.45) is 0 Å². The van der Waals surface area contributed by atoms with Crippen LogP contribution in [-0.2, 0) is 55.8 Å².